The quantitative estimate of drug-likeness (QED) is 0.614. The lowest BCUT2D eigenvalue weighted by molar-refractivity contribution is -0.0585. The van der Waals surface area contributed by atoms with Gasteiger partial charge >= 0.3 is 6.03 Å². The Morgan fingerprint density at radius 1 is 1.06 bits per heavy atom. The van der Waals surface area contributed by atoms with E-state index in [1.54, 1.807) is 7.11 Å². The van der Waals surface area contributed by atoms with Gasteiger partial charge in [-0.05, 0) is 62.1 Å². The van der Waals surface area contributed by atoms with E-state index in [1.807, 2.05) is 29.2 Å². The predicted octanol–water partition coefficient (Wildman–Crippen LogP) is 4.69. The van der Waals surface area contributed by atoms with Crippen LogP contribution in [-0.2, 0) is 0 Å². The van der Waals surface area contributed by atoms with E-state index in [-0.39, 0.29) is 30.6 Å². The van der Waals surface area contributed by atoms with E-state index in [2.05, 4.69) is 46.3 Å². The number of anilines is 1. The van der Waals surface area contributed by atoms with E-state index in [1.165, 1.54) is 31.2 Å². The first-order chi connectivity index (χ1) is 17.7. The average molecular weight is 488 g/mol. The minimum atomic E-state index is -0.106. The molecule has 36 heavy (non-hydrogen) atoms. The number of ether oxygens (including phenoxy) is 1. The summed E-state index contributed by atoms with van der Waals surface area (Å²) in [6.07, 6.45) is 7.00. The van der Waals surface area contributed by atoms with Gasteiger partial charge in [0, 0.05) is 42.6 Å². The van der Waals surface area contributed by atoms with Crippen LogP contribution in [0.3, 0.4) is 0 Å². The van der Waals surface area contributed by atoms with Crippen LogP contribution < -0.4 is 10.1 Å². The Balaban J connectivity index is 1.31. The molecule has 2 N–H and O–H groups in total. The van der Waals surface area contributed by atoms with Crippen LogP contribution >= 0.6 is 0 Å². The number of carbonyl (C=O) groups is 1. The average Bonchev–Trinajstić information content (AvgIpc) is 3.41. The number of para-hydroxylation sites is 2. The third-order valence-electron chi connectivity index (χ3n) is 8.08. The Hall–Kier alpha value is -3.01. The number of hydrogen-bond donors (Lipinski definition) is 2. The summed E-state index contributed by atoms with van der Waals surface area (Å²) in [7, 11) is 1.61. The van der Waals surface area contributed by atoms with Gasteiger partial charge < -0.3 is 20.1 Å². The fourth-order valence-electron chi connectivity index (χ4n) is 6.11. The molecule has 5 rings (SSSR count). The summed E-state index contributed by atoms with van der Waals surface area (Å²) in [5.74, 6) is 8.19. The van der Waals surface area contributed by atoms with Gasteiger partial charge in [0.1, 0.15) is 5.75 Å². The number of methoxy groups -OCH3 is 1. The monoisotopic (exact) mass is 487 g/mol. The zero-order valence-electron chi connectivity index (χ0n) is 21.2. The topological polar surface area (TPSA) is 65.0 Å². The molecule has 2 heterocycles. The minimum absolute atomic E-state index is 0.0858. The second-order valence-electron chi connectivity index (χ2n) is 10.2. The number of aliphatic hydroxyl groups excluding tert-OH is 1. The van der Waals surface area contributed by atoms with Gasteiger partial charge in [0.2, 0.25) is 0 Å². The number of amides is 2. The molecule has 3 aliphatic rings. The maximum absolute atomic E-state index is 13.3. The van der Waals surface area contributed by atoms with Gasteiger partial charge in [0.25, 0.3) is 0 Å². The van der Waals surface area contributed by atoms with Crippen molar-refractivity contribution < 1.29 is 14.6 Å². The van der Waals surface area contributed by atoms with Crippen molar-refractivity contribution in [3.63, 3.8) is 0 Å². The Labute approximate surface area is 214 Å². The lowest BCUT2D eigenvalue weighted by atomic mass is 9.74. The Morgan fingerprint density at radius 3 is 2.56 bits per heavy atom. The number of rotatable bonds is 4. The molecule has 3 fully saturated rings. The number of carbonyl (C=O) groups excluding carboxylic acids is 1. The zero-order chi connectivity index (χ0) is 24.9. The van der Waals surface area contributed by atoms with Crippen molar-refractivity contribution in [2.75, 3.05) is 38.7 Å². The smallest absolute Gasteiger partial charge is 0.322 e. The highest BCUT2D eigenvalue weighted by Gasteiger charge is 2.49. The summed E-state index contributed by atoms with van der Waals surface area (Å²) >= 11 is 0. The van der Waals surface area contributed by atoms with Gasteiger partial charge in [-0.15, -0.1) is 0 Å². The highest BCUT2D eigenvalue weighted by Crippen LogP contribution is 2.42. The van der Waals surface area contributed by atoms with Crippen molar-refractivity contribution in [2.24, 2.45) is 5.92 Å². The number of benzene rings is 2. The summed E-state index contributed by atoms with van der Waals surface area (Å²) in [6, 6.07) is 16.2. The molecule has 1 saturated carbocycles. The number of hydrogen-bond acceptors (Lipinski definition) is 4. The van der Waals surface area contributed by atoms with Crippen LogP contribution in [0.15, 0.2) is 48.5 Å². The molecular weight excluding hydrogens is 450 g/mol. The molecule has 6 nitrogen and oxygen atoms in total. The Morgan fingerprint density at radius 2 is 1.81 bits per heavy atom. The SMILES string of the molecule is COc1ccccc1NC(=O)N1CCCCN2[C@H](C1)[C@@H](c1ccc(C#CC3CCCC3)cc1)[C@@H]2CO. The predicted molar refractivity (Wildman–Crippen MR) is 142 cm³/mol. The van der Waals surface area contributed by atoms with Crippen LogP contribution in [0.2, 0.25) is 0 Å². The third-order valence-corrected chi connectivity index (χ3v) is 8.08. The number of fused-ring (bicyclic) bond motifs is 1. The van der Waals surface area contributed by atoms with Crippen molar-refractivity contribution in [1.29, 1.82) is 0 Å². The van der Waals surface area contributed by atoms with Gasteiger partial charge in [-0.2, -0.15) is 0 Å². The Kier molecular flexibility index (Phi) is 7.79. The number of nitrogens with one attached hydrogen (secondary N) is 1. The van der Waals surface area contributed by atoms with Crippen LogP contribution in [0.5, 0.6) is 5.75 Å². The molecule has 2 aromatic rings. The van der Waals surface area contributed by atoms with Crippen molar-refractivity contribution in [3.05, 3.63) is 59.7 Å². The van der Waals surface area contributed by atoms with Gasteiger partial charge in [0.05, 0.1) is 19.4 Å². The summed E-state index contributed by atoms with van der Waals surface area (Å²) < 4.78 is 5.41. The summed E-state index contributed by atoms with van der Waals surface area (Å²) in [5.41, 5.74) is 2.95. The van der Waals surface area contributed by atoms with Crippen LogP contribution in [0.4, 0.5) is 10.5 Å². The minimum Gasteiger partial charge on any atom is -0.495 e. The van der Waals surface area contributed by atoms with Crippen LogP contribution in [0, 0.1) is 17.8 Å². The first kappa shape index (κ1) is 24.7. The molecule has 0 radical (unpaired) electrons. The normalized spacial score (nSPS) is 24.5. The van der Waals surface area contributed by atoms with E-state index >= 15 is 0 Å². The van der Waals surface area contributed by atoms with E-state index in [4.69, 9.17) is 4.74 Å². The lowest BCUT2D eigenvalue weighted by Gasteiger charge is -2.57. The largest absolute Gasteiger partial charge is 0.495 e. The van der Waals surface area contributed by atoms with Crippen LogP contribution in [0.25, 0.3) is 0 Å². The molecule has 2 aliphatic heterocycles. The standard InChI is InChI=1S/C30H37N3O3/c1-36-28-11-5-4-10-25(28)31-30(35)32-18-6-7-19-33-26(20-32)29(27(33)21-34)24-16-14-23(15-17-24)13-12-22-8-2-3-9-22/h4-5,10-11,14-17,22,26-27,29,34H,2-3,6-9,18-21H2,1H3,(H,31,35)/t26-,27+,29-/m1/s1. The van der Waals surface area contributed by atoms with Crippen LogP contribution in [0.1, 0.15) is 55.6 Å². The zero-order valence-corrected chi connectivity index (χ0v) is 21.2. The summed E-state index contributed by atoms with van der Waals surface area (Å²) in [4.78, 5) is 17.6. The van der Waals surface area contributed by atoms with Crippen LogP contribution in [-0.4, -0.2) is 66.4 Å². The fraction of sp³-hybridized carbons (Fsp3) is 0.500. The summed E-state index contributed by atoms with van der Waals surface area (Å²) in [5, 5.41) is 13.3. The van der Waals surface area contributed by atoms with E-state index in [9.17, 15) is 9.90 Å². The summed E-state index contributed by atoms with van der Waals surface area (Å²) in [6.45, 7) is 2.43. The molecule has 0 spiro atoms. The maximum atomic E-state index is 13.3. The fourth-order valence-corrected chi connectivity index (χ4v) is 6.11. The van der Waals surface area contributed by atoms with Gasteiger partial charge in [-0.25, -0.2) is 4.79 Å². The second-order valence-corrected chi connectivity index (χ2v) is 10.2. The van der Waals surface area contributed by atoms with Gasteiger partial charge in [0.15, 0.2) is 0 Å². The highest BCUT2D eigenvalue weighted by molar-refractivity contribution is 5.91. The number of nitrogens with zero attached hydrogens (tertiary/aromatic N) is 2. The van der Waals surface area contributed by atoms with Crippen molar-refractivity contribution >= 4 is 11.7 Å². The molecule has 190 valence electrons. The van der Waals surface area contributed by atoms with Crippen molar-refractivity contribution in [3.8, 4) is 17.6 Å². The third kappa shape index (κ3) is 5.23. The van der Waals surface area contributed by atoms with E-state index in [0.717, 1.165) is 31.5 Å². The number of aliphatic hydroxyl groups is 1. The first-order valence-corrected chi connectivity index (χ1v) is 13.3. The molecule has 1 aliphatic carbocycles. The lowest BCUT2D eigenvalue weighted by Crippen LogP contribution is -2.68. The molecule has 3 atom stereocenters. The van der Waals surface area contributed by atoms with Gasteiger partial charge in [-0.1, -0.05) is 48.9 Å². The Bertz CT molecular complexity index is 1100. The van der Waals surface area contributed by atoms with E-state index < -0.39 is 0 Å². The molecule has 0 aromatic heterocycles. The van der Waals surface area contributed by atoms with Gasteiger partial charge in [-0.3, -0.25) is 4.90 Å². The highest BCUT2D eigenvalue weighted by atomic mass is 16.5. The molecule has 2 aromatic carbocycles. The molecular formula is C30H37N3O3. The molecule has 6 heteroatoms. The molecule has 0 bridgehead atoms. The first-order valence-electron chi connectivity index (χ1n) is 13.3. The van der Waals surface area contributed by atoms with Crippen molar-refractivity contribution in [2.45, 2.75) is 56.5 Å². The van der Waals surface area contributed by atoms with E-state index in [0.29, 0.717) is 23.9 Å². The second kappa shape index (κ2) is 11.4. The maximum Gasteiger partial charge on any atom is 0.322 e. The number of urea groups is 1. The van der Waals surface area contributed by atoms with Crippen molar-refractivity contribution in [1.82, 2.24) is 9.80 Å². The molecule has 0 unspecified atom stereocenters. The molecule has 2 amide bonds. The molecule has 2 saturated heterocycles.